The van der Waals surface area contributed by atoms with Gasteiger partial charge in [-0.3, -0.25) is 14.5 Å². The van der Waals surface area contributed by atoms with E-state index in [2.05, 4.69) is 12.2 Å². The summed E-state index contributed by atoms with van der Waals surface area (Å²) >= 11 is 0. The number of hydrogen-bond acceptors (Lipinski definition) is 12. The average Bonchev–Trinajstić information content (AvgIpc) is 3.35. The normalized spacial score (nSPS) is 12.5. The van der Waals surface area contributed by atoms with E-state index in [9.17, 15) is 14.4 Å². The van der Waals surface area contributed by atoms with Crippen LogP contribution in [0.5, 0.6) is 0 Å². The third-order valence-corrected chi connectivity index (χ3v) is 7.01. The molecular weight excluding hydrogens is 624 g/mol. The molecule has 0 bridgehead atoms. The van der Waals surface area contributed by atoms with Crippen molar-refractivity contribution in [2.75, 3.05) is 118 Å². The van der Waals surface area contributed by atoms with E-state index >= 15 is 0 Å². The molecule has 1 N–H and O–H groups in total. The summed E-state index contributed by atoms with van der Waals surface area (Å²) in [5.41, 5.74) is 2.38. The van der Waals surface area contributed by atoms with Crippen LogP contribution in [0.3, 0.4) is 0 Å². The lowest BCUT2D eigenvalue weighted by Crippen LogP contribution is -2.33. The van der Waals surface area contributed by atoms with E-state index < -0.39 is 0 Å². The van der Waals surface area contributed by atoms with E-state index in [-0.39, 0.29) is 37.5 Å². The van der Waals surface area contributed by atoms with Crippen LogP contribution < -0.4 is 5.32 Å². The zero-order valence-corrected chi connectivity index (χ0v) is 28.0. The summed E-state index contributed by atoms with van der Waals surface area (Å²) in [6, 6.07) is 14.1. The summed E-state index contributed by atoms with van der Waals surface area (Å²) in [6.45, 7) is 9.16. The molecule has 2 aromatic rings. The van der Waals surface area contributed by atoms with Crippen LogP contribution in [0.15, 0.2) is 48.5 Å². The van der Waals surface area contributed by atoms with Crippen molar-refractivity contribution < 1.29 is 52.3 Å². The van der Waals surface area contributed by atoms with Gasteiger partial charge >= 0.3 is 5.97 Å². The summed E-state index contributed by atoms with van der Waals surface area (Å²) in [4.78, 5) is 37.9. The number of anilines is 1. The monoisotopic (exact) mass is 674 g/mol. The maximum Gasteiger partial charge on any atom is 0.338 e. The number of nitrogens with one attached hydrogen (secondary N) is 1. The fourth-order valence-corrected chi connectivity index (χ4v) is 4.43. The molecule has 1 aliphatic heterocycles. The minimum absolute atomic E-state index is 0.180. The third-order valence-electron chi connectivity index (χ3n) is 7.01. The Labute approximate surface area is 283 Å². The van der Waals surface area contributed by atoms with Gasteiger partial charge in [0.1, 0.15) is 6.61 Å². The van der Waals surface area contributed by atoms with Crippen molar-refractivity contribution >= 4 is 23.5 Å². The van der Waals surface area contributed by atoms with Crippen molar-refractivity contribution in [2.45, 2.75) is 19.8 Å². The van der Waals surface area contributed by atoms with Crippen LogP contribution in [0.2, 0.25) is 0 Å². The highest BCUT2D eigenvalue weighted by Crippen LogP contribution is 2.21. The van der Waals surface area contributed by atoms with E-state index in [1.165, 1.54) is 4.90 Å². The first-order valence-corrected chi connectivity index (χ1v) is 16.6. The summed E-state index contributed by atoms with van der Waals surface area (Å²) in [6.07, 6.45) is 2.23. The summed E-state index contributed by atoms with van der Waals surface area (Å²) in [5.74, 6) is -0.932. The standard InChI is InChI=1S/C35H50N2O11/c1-2-3-12-36-30-10-8-29(9-11-30)35(40)48-28-27-47-26-25-46-24-23-45-22-21-44-20-19-43-18-17-42-16-15-41-14-13-37-33(38)31-6-4-5-7-32(31)34(37)39/h4-11,36H,2-3,12-28H2,1H3. The number of ether oxygens (including phenoxy) is 8. The lowest BCUT2D eigenvalue weighted by atomic mass is 10.1. The van der Waals surface area contributed by atoms with Crippen LogP contribution >= 0.6 is 0 Å². The molecule has 0 aliphatic carbocycles. The first-order valence-electron chi connectivity index (χ1n) is 16.6. The molecule has 3 rings (SSSR count). The summed E-state index contributed by atoms with van der Waals surface area (Å²) < 4.78 is 43.5. The van der Waals surface area contributed by atoms with Gasteiger partial charge in [0.2, 0.25) is 0 Å². The highest BCUT2D eigenvalue weighted by atomic mass is 16.6. The van der Waals surface area contributed by atoms with Gasteiger partial charge in [-0.05, 0) is 42.8 Å². The number of hydrogen-bond donors (Lipinski definition) is 1. The molecular formula is C35H50N2O11. The second-order valence-corrected chi connectivity index (χ2v) is 10.6. The molecule has 0 saturated heterocycles. The number of fused-ring (bicyclic) bond motifs is 1. The van der Waals surface area contributed by atoms with Crippen LogP contribution in [0.4, 0.5) is 5.69 Å². The van der Waals surface area contributed by atoms with Gasteiger partial charge in [-0.25, -0.2) is 4.79 Å². The molecule has 0 fully saturated rings. The van der Waals surface area contributed by atoms with E-state index in [4.69, 9.17) is 37.9 Å². The lowest BCUT2D eigenvalue weighted by molar-refractivity contribution is -0.0224. The molecule has 48 heavy (non-hydrogen) atoms. The number of imide groups is 1. The molecule has 2 amide bonds. The molecule has 0 aromatic heterocycles. The Balaban J connectivity index is 0.984. The van der Waals surface area contributed by atoms with Gasteiger partial charge in [0, 0.05) is 12.2 Å². The average molecular weight is 675 g/mol. The maximum absolute atomic E-state index is 12.3. The Morgan fingerprint density at radius 3 is 1.44 bits per heavy atom. The van der Waals surface area contributed by atoms with E-state index in [1.54, 1.807) is 36.4 Å². The molecule has 266 valence electrons. The van der Waals surface area contributed by atoms with Gasteiger partial charge in [0.25, 0.3) is 11.8 Å². The van der Waals surface area contributed by atoms with Gasteiger partial charge in [-0.2, -0.15) is 0 Å². The maximum atomic E-state index is 12.3. The van der Waals surface area contributed by atoms with Crippen molar-refractivity contribution in [1.82, 2.24) is 4.90 Å². The summed E-state index contributed by atoms with van der Waals surface area (Å²) in [5, 5.41) is 3.31. The van der Waals surface area contributed by atoms with E-state index in [0.29, 0.717) is 103 Å². The smallest absolute Gasteiger partial charge is 0.338 e. The predicted octanol–water partition coefficient (Wildman–Crippen LogP) is 3.47. The first kappa shape index (κ1) is 39.0. The molecule has 0 saturated carbocycles. The zero-order valence-electron chi connectivity index (χ0n) is 28.0. The van der Waals surface area contributed by atoms with Crippen molar-refractivity contribution in [3.05, 3.63) is 65.2 Å². The molecule has 0 atom stereocenters. The third kappa shape index (κ3) is 15.2. The van der Waals surface area contributed by atoms with E-state index in [1.807, 2.05) is 12.1 Å². The fourth-order valence-electron chi connectivity index (χ4n) is 4.43. The Morgan fingerprint density at radius 2 is 1.00 bits per heavy atom. The molecule has 2 aromatic carbocycles. The topological polar surface area (TPSA) is 140 Å². The largest absolute Gasteiger partial charge is 0.460 e. The Hall–Kier alpha value is -3.43. The minimum Gasteiger partial charge on any atom is -0.460 e. The van der Waals surface area contributed by atoms with Crippen molar-refractivity contribution in [3.63, 3.8) is 0 Å². The number of benzene rings is 2. The Kier molecular flexibility index (Phi) is 20.1. The van der Waals surface area contributed by atoms with Gasteiger partial charge in [-0.1, -0.05) is 25.5 Å². The highest BCUT2D eigenvalue weighted by Gasteiger charge is 2.34. The van der Waals surface area contributed by atoms with Crippen LogP contribution in [0.1, 0.15) is 50.8 Å². The SMILES string of the molecule is CCCCNc1ccc(C(=O)OCCOCCOCCOCCOCCOCCOCCOCCN2C(=O)c3ccccc3C2=O)cc1. The fraction of sp³-hybridized carbons (Fsp3) is 0.571. The number of amides is 2. The molecule has 0 spiro atoms. The van der Waals surface area contributed by atoms with Crippen molar-refractivity contribution in [2.24, 2.45) is 0 Å². The van der Waals surface area contributed by atoms with Crippen LogP contribution in [-0.4, -0.2) is 135 Å². The highest BCUT2D eigenvalue weighted by molar-refractivity contribution is 6.21. The zero-order chi connectivity index (χ0) is 34.1. The number of rotatable bonds is 29. The van der Waals surface area contributed by atoms with Crippen LogP contribution in [0, 0.1) is 0 Å². The molecule has 13 nitrogen and oxygen atoms in total. The van der Waals surface area contributed by atoms with Crippen molar-refractivity contribution in [3.8, 4) is 0 Å². The molecule has 0 unspecified atom stereocenters. The van der Waals surface area contributed by atoms with Crippen LogP contribution in [0.25, 0.3) is 0 Å². The van der Waals surface area contributed by atoms with E-state index in [0.717, 1.165) is 25.1 Å². The van der Waals surface area contributed by atoms with Gasteiger partial charge in [0.05, 0.1) is 116 Å². The van der Waals surface area contributed by atoms with Gasteiger partial charge in [0.15, 0.2) is 0 Å². The Bertz CT molecular complexity index is 1160. The number of carbonyl (C=O) groups excluding carboxylic acids is 3. The number of nitrogens with zero attached hydrogens (tertiary/aromatic N) is 1. The molecule has 1 aliphatic rings. The van der Waals surface area contributed by atoms with Gasteiger partial charge in [-0.15, -0.1) is 0 Å². The van der Waals surface area contributed by atoms with Crippen molar-refractivity contribution in [1.29, 1.82) is 0 Å². The predicted molar refractivity (Wildman–Crippen MR) is 178 cm³/mol. The first-order chi connectivity index (χ1) is 23.6. The molecule has 1 heterocycles. The Morgan fingerprint density at radius 1 is 0.583 bits per heavy atom. The second kappa shape index (κ2) is 24.7. The van der Waals surface area contributed by atoms with Crippen LogP contribution in [-0.2, 0) is 37.9 Å². The second-order valence-electron chi connectivity index (χ2n) is 10.6. The number of carbonyl (C=O) groups is 3. The lowest BCUT2D eigenvalue weighted by Gasteiger charge is -2.13. The number of unbranched alkanes of at least 4 members (excludes halogenated alkanes) is 1. The minimum atomic E-state index is -0.369. The quantitative estimate of drug-likeness (QED) is 0.0768. The summed E-state index contributed by atoms with van der Waals surface area (Å²) in [7, 11) is 0. The number of esters is 1. The van der Waals surface area contributed by atoms with Gasteiger partial charge < -0.3 is 43.2 Å². The molecule has 0 radical (unpaired) electrons. The molecule has 13 heteroatoms.